The maximum Gasteiger partial charge on any atom is 0.0668 e. The second-order valence-electron chi connectivity index (χ2n) is 5.27. The third-order valence-electron chi connectivity index (χ3n) is 3.74. The molecule has 0 amide bonds. The summed E-state index contributed by atoms with van der Waals surface area (Å²) >= 11 is 6.38. The number of nitrogens with zero attached hydrogens (tertiary/aromatic N) is 1. The van der Waals surface area contributed by atoms with Gasteiger partial charge in [0.2, 0.25) is 0 Å². The van der Waals surface area contributed by atoms with Crippen LogP contribution >= 0.6 is 11.6 Å². The SMILES string of the molecule is CCC(N)Cc1ccc(N2CCOCC2C)cc1Cl. The summed E-state index contributed by atoms with van der Waals surface area (Å²) in [6.45, 7) is 6.76. The lowest BCUT2D eigenvalue weighted by molar-refractivity contribution is 0.0989. The first-order valence-corrected chi connectivity index (χ1v) is 7.38. The molecule has 1 aromatic rings. The maximum absolute atomic E-state index is 6.38. The number of nitrogens with two attached hydrogens (primary N) is 1. The van der Waals surface area contributed by atoms with Crippen molar-refractivity contribution >= 4 is 17.3 Å². The fourth-order valence-electron chi connectivity index (χ4n) is 2.42. The van der Waals surface area contributed by atoms with Gasteiger partial charge in [-0.05, 0) is 37.5 Å². The van der Waals surface area contributed by atoms with Gasteiger partial charge in [0.25, 0.3) is 0 Å². The van der Waals surface area contributed by atoms with Gasteiger partial charge in [0.05, 0.1) is 13.2 Å². The number of rotatable bonds is 4. The lowest BCUT2D eigenvalue weighted by atomic mass is 10.0. The van der Waals surface area contributed by atoms with Crippen molar-refractivity contribution in [2.45, 2.75) is 38.8 Å². The van der Waals surface area contributed by atoms with Crippen LogP contribution in [0.25, 0.3) is 0 Å². The minimum absolute atomic E-state index is 0.186. The summed E-state index contributed by atoms with van der Waals surface area (Å²) in [6.07, 6.45) is 1.81. The molecule has 2 N–H and O–H groups in total. The monoisotopic (exact) mass is 282 g/mol. The standard InChI is InChI=1S/C15H23ClN2O/c1-3-13(17)8-12-4-5-14(9-15(12)16)18-6-7-19-10-11(18)2/h4-5,9,11,13H,3,6-8,10,17H2,1-2H3. The van der Waals surface area contributed by atoms with Crippen molar-refractivity contribution in [3.8, 4) is 0 Å². The van der Waals surface area contributed by atoms with Crippen molar-refractivity contribution in [2.24, 2.45) is 5.73 Å². The van der Waals surface area contributed by atoms with E-state index in [2.05, 4.69) is 36.9 Å². The summed E-state index contributed by atoms with van der Waals surface area (Å²) in [7, 11) is 0. The van der Waals surface area contributed by atoms with Crippen molar-refractivity contribution in [1.29, 1.82) is 0 Å². The van der Waals surface area contributed by atoms with Crippen LogP contribution in [-0.2, 0) is 11.2 Å². The molecule has 0 aromatic heterocycles. The Morgan fingerprint density at radius 1 is 1.53 bits per heavy atom. The molecule has 3 nitrogen and oxygen atoms in total. The van der Waals surface area contributed by atoms with Gasteiger partial charge in [-0.15, -0.1) is 0 Å². The third-order valence-corrected chi connectivity index (χ3v) is 4.09. The van der Waals surface area contributed by atoms with Crippen LogP contribution in [0, 0.1) is 0 Å². The van der Waals surface area contributed by atoms with Gasteiger partial charge >= 0.3 is 0 Å². The Labute approximate surface area is 120 Å². The highest BCUT2D eigenvalue weighted by Gasteiger charge is 2.19. The molecular formula is C15H23ClN2O. The number of halogens is 1. The molecule has 1 aliphatic rings. The van der Waals surface area contributed by atoms with Gasteiger partial charge in [0.1, 0.15) is 0 Å². The highest BCUT2D eigenvalue weighted by molar-refractivity contribution is 6.31. The molecule has 0 aliphatic carbocycles. The van der Waals surface area contributed by atoms with Crippen LogP contribution in [0.15, 0.2) is 18.2 Å². The first-order chi connectivity index (χ1) is 9.11. The molecule has 1 fully saturated rings. The molecule has 0 radical (unpaired) electrons. The van der Waals surface area contributed by atoms with Crippen molar-refractivity contribution in [3.63, 3.8) is 0 Å². The van der Waals surface area contributed by atoms with E-state index in [0.29, 0.717) is 6.04 Å². The van der Waals surface area contributed by atoms with E-state index in [1.807, 2.05) is 0 Å². The van der Waals surface area contributed by atoms with E-state index in [1.165, 1.54) is 5.69 Å². The molecule has 0 saturated carbocycles. The number of ether oxygens (including phenoxy) is 1. The molecule has 4 heteroatoms. The highest BCUT2D eigenvalue weighted by Crippen LogP contribution is 2.27. The molecule has 1 aliphatic heterocycles. The minimum Gasteiger partial charge on any atom is -0.377 e. The summed E-state index contributed by atoms with van der Waals surface area (Å²) in [5, 5.41) is 0.820. The fraction of sp³-hybridized carbons (Fsp3) is 0.600. The maximum atomic E-state index is 6.38. The number of anilines is 1. The second-order valence-corrected chi connectivity index (χ2v) is 5.67. The minimum atomic E-state index is 0.186. The smallest absolute Gasteiger partial charge is 0.0668 e. The number of hydrogen-bond donors (Lipinski definition) is 1. The number of morpholine rings is 1. The van der Waals surface area contributed by atoms with Gasteiger partial charge < -0.3 is 15.4 Å². The Bertz CT molecular complexity index is 425. The summed E-state index contributed by atoms with van der Waals surface area (Å²) in [4.78, 5) is 2.35. The average Bonchev–Trinajstić information content (AvgIpc) is 2.41. The molecule has 0 spiro atoms. The zero-order valence-electron chi connectivity index (χ0n) is 11.7. The molecule has 1 heterocycles. The van der Waals surface area contributed by atoms with E-state index in [9.17, 15) is 0 Å². The lowest BCUT2D eigenvalue weighted by Gasteiger charge is -2.35. The highest BCUT2D eigenvalue weighted by atomic mass is 35.5. The van der Waals surface area contributed by atoms with E-state index >= 15 is 0 Å². The van der Waals surface area contributed by atoms with E-state index in [-0.39, 0.29) is 6.04 Å². The number of hydrogen-bond acceptors (Lipinski definition) is 3. The quantitative estimate of drug-likeness (QED) is 0.923. The van der Waals surface area contributed by atoms with Crippen molar-refractivity contribution in [1.82, 2.24) is 0 Å². The van der Waals surface area contributed by atoms with Crippen LogP contribution in [0.1, 0.15) is 25.8 Å². The number of benzene rings is 1. The molecule has 1 aromatic carbocycles. The van der Waals surface area contributed by atoms with Gasteiger partial charge in [-0.25, -0.2) is 0 Å². The predicted octanol–water partition coefficient (Wildman–Crippen LogP) is 2.84. The Balaban J connectivity index is 2.13. The first-order valence-electron chi connectivity index (χ1n) is 7.00. The van der Waals surface area contributed by atoms with E-state index in [4.69, 9.17) is 22.1 Å². The van der Waals surface area contributed by atoms with Crippen molar-refractivity contribution < 1.29 is 4.74 Å². The fourth-order valence-corrected chi connectivity index (χ4v) is 2.67. The first kappa shape index (κ1) is 14.6. The Morgan fingerprint density at radius 2 is 2.32 bits per heavy atom. The van der Waals surface area contributed by atoms with Gasteiger partial charge in [0.15, 0.2) is 0 Å². The van der Waals surface area contributed by atoms with E-state index < -0.39 is 0 Å². The zero-order valence-corrected chi connectivity index (χ0v) is 12.5. The molecule has 106 valence electrons. The van der Waals surface area contributed by atoms with Gasteiger partial charge in [-0.3, -0.25) is 0 Å². The molecule has 2 atom stereocenters. The summed E-state index contributed by atoms with van der Waals surface area (Å²) in [5.74, 6) is 0. The largest absolute Gasteiger partial charge is 0.377 e. The van der Waals surface area contributed by atoms with Crippen LogP contribution in [-0.4, -0.2) is 31.8 Å². The molecular weight excluding hydrogens is 260 g/mol. The molecule has 0 bridgehead atoms. The van der Waals surface area contributed by atoms with E-state index in [0.717, 1.165) is 43.2 Å². The van der Waals surface area contributed by atoms with Crippen molar-refractivity contribution in [3.05, 3.63) is 28.8 Å². The normalized spacial score (nSPS) is 21.5. The van der Waals surface area contributed by atoms with Crippen LogP contribution < -0.4 is 10.6 Å². The van der Waals surface area contributed by atoms with Crippen molar-refractivity contribution in [2.75, 3.05) is 24.7 Å². The molecule has 2 unspecified atom stereocenters. The van der Waals surface area contributed by atoms with Crippen LogP contribution in [0.3, 0.4) is 0 Å². The lowest BCUT2D eigenvalue weighted by Crippen LogP contribution is -2.43. The molecule has 2 rings (SSSR count). The van der Waals surface area contributed by atoms with Gasteiger partial charge in [-0.2, -0.15) is 0 Å². The Hall–Kier alpha value is -0.770. The predicted molar refractivity (Wildman–Crippen MR) is 81.0 cm³/mol. The molecule has 19 heavy (non-hydrogen) atoms. The van der Waals surface area contributed by atoms with E-state index in [1.54, 1.807) is 0 Å². The Morgan fingerprint density at radius 3 is 2.95 bits per heavy atom. The van der Waals surface area contributed by atoms with Gasteiger partial charge in [-0.1, -0.05) is 24.6 Å². The summed E-state index contributed by atoms with van der Waals surface area (Å²) in [5.41, 5.74) is 8.31. The average molecular weight is 283 g/mol. The Kier molecular flexibility index (Phi) is 5.08. The molecule has 1 saturated heterocycles. The second kappa shape index (κ2) is 6.60. The van der Waals surface area contributed by atoms with Crippen LogP contribution in [0.2, 0.25) is 5.02 Å². The topological polar surface area (TPSA) is 38.5 Å². The summed E-state index contributed by atoms with van der Waals surface area (Å²) in [6, 6.07) is 6.89. The summed E-state index contributed by atoms with van der Waals surface area (Å²) < 4.78 is 5.46. The van der Waals surface area contributed by atoms with Crippen LogP contribution in [0.5, 0.6) is 0 Å². The van der Waals surface area contributed by atoms with Crippen LogP contribution in [0.4, 0.5) is 5.69 Å². The third kappa shape index (κ3) is 3.62. The van der Waals surface area contributed by atoms with Gasteiger partial charge in [0, 0.05) is 29.3 Å². The zero-order chi connectivity index (χ0) is 13.8.